The van der Waals surface area contributed by atoms with Crippen LogP contribution < -0.4 is 14.8 Å². The summed E-state index contributed by atoms with van der Waals surface area (Å²) in [4.78, 5) is 13.7. The first kappa shape index (κ1) is 18.5. The van der Waals surface area contributed by atoms with Gasteiger partial charge in [-0.15, -0.1) is 0 Å². The fourth-order valence-corrected chi connectivity index (χ4v) is 3.41. The minimum absolute atomic E-state index is 0.0751. The Morgan fingerprint density at radius 3 is 2.17 bits per heavy atom. The molecule has 0 radical (unpaired) electrons. The number of hydrogen-bond acceptors (Lipinski definition) is 6. The molecule has 24 heavy (non-hydrogen) atoms. The van der Waals surface area contributed by atoms with Crippen molar-refractivity contribution in [2.24, 2.45) is 5.41 Å². The van der Waals surface area contributed by atoms with Crippen LogP contribution in [0.5, 0.6) is 11.5 Å². The fraction of sp³-hybridized carbons (Fsp3) is 0.647. The standard InChI is InChI=1S/C17H27N3O4/c1-17(2,3)16(19-8-6-18-7-9-19)12-10-14(23-4)15(24-5)11-13(12)20(21)22/h10-11,16,18H,6-9H2,1-5H3/t16-/m1/s1. The quantitative estimate of drug-likeness (QED) is 0.657. The summed E-state index contributed by atoms with van der Waals surface area (Å²) in [6, 6.07) is 3.14. The average Bonchev–Trinajstić information content (AvgIpc) is 2.54. The number of rotatable bonds is 5. The van der Waals surface area contributed by atoms with Crippen LogP contribution in [-0.4, -0.2) is 50.2 Å². The van der Waals surface area contributed by atoms with Gasteiger partial charge < -0.3 is 14.8 Å². The zero-order valence-corrected chi connectivity index (χ0v) is 15.1. The van der Waals surface area contributed by atoms with Gasteiger partial charge in [0.05, 0.1) is 30.8 Å². The molecule has 1 saturated heterocycles. The van der Waals surface area contributed by atoms with Gasteiger partial charge in [0.2, 0.25) is 0 Å². The van der Waals surface area contributed by atoms with Gasteiger partial charge in [-0.05, 0) is 11.5 Å². The summed E-state index contributed by atoms with van der Waals surface area (Å²) in [5.74, 6) is 0.892. The van der Waals surface area contributed by atoms with Gasteiger partial charge in [-0.2, -0.15) is 0 Å². The largest absolute Gasteiger partial charge is 0.493 e. The second-order valence-electron chi connectivity index (χ2n) is 7.08. The van der Waals surface area contributed by atoms with E-state index in [0.29, 0.717) is 17.1 Å². The minimum atomic E-state index is -0.335. The van der Waals surface area contributed by atoms with Crippen molar-refractivity contribution in [2.45, 2.75) is 26.8 Å². The zero-order valence-electron chi connectivity index (χ0n) is 15.1. The smallest absolute Gasteiger partial charge is 0.278 e. The lowest BCUT2D eigenvalue weighted by molar-refractivity contribution is -0.386. The molecule has 2 rings (SSSR count). The van der Waals surface area contributed by atoms with Gasteiger partial charge in [-0.3, -0.25) is 15.0 Å². The van der Waals surface area contributed by atoms with E-state index in [1.54, 1.807) is 13.2 Å². The Morgan fingerprint density at radius 1 is 1.17 bits per heavy atom. The molecule has 7 heteroatoms. The molecule has 0 bridgehead atoms. The van der Waals surface area contributed by atoms with Gasteiger partial charge in [0.15, 0.2) is 11.5 Å². The Labute approximate surface area is 143 Å². The maximum absolute atomic E-state index is 11.7. The summed E-state index contributed by atoms with van der Waals surface area (Å²) in [6.45, 7) is 9.81. The van der Waals surface area contributed by atoms with E-state index < -0.39 is 0 Å². The van der Waals surface area contributed by atoms with Crippen LogP contribution in [0.15, 0.2) is 12.1 Å². The van der Waals surface area contributed by atoms with Crippen LogP contribution in [0.4, 0.5) is 5.69 Å². The van der Waals surface area contributed by atoms with E-state index in [-0.39, 0.29) is 22.1 Å². The van der Waals surface area contributed by atoms with Crippen molar-refractivity contribution in [3.8, 4) is 11.5 Å². The molecule has 1 aromatic rings. The van der Waals surface area contributed by atoms with Crippen LogP contribution in [-0.2, 0) is 0 Å². The van der Waals surface area contributed by atoms with E-state index in [9.17, 15) is 10.1 Å². The number of ether oxygens (including phenoxy) is 2. The van der Waals surface area contributed by atoms with E-state index >= 15 is 0 Å². The summed E-state index contributed by atoms with van der Waals surface area (Å²) in [5, 5.41) is 15.0. The lowest BCUT2D eigenvalue weighted by atomic mass is 9.80. The number of nitrogens with zero attached hydrogens (tertiary/aromatic N) is 2. The Bertz CT molecular complexity index is 592. The normalized spacial score (nSPS) is 17.4. The van der Waals surface area contributed by atoms with E-state index in [0.717, 1.165) is 26.2 Å². The predicted octanol–water partition coefficient (Wildman–Crippen LogP) is 2.60. The first-order valence-corrected chi connectivity index (χ1v) is 8.14. The molecular formula is C17H27N3O4. The third kappa shape index (κ3) is 3.79. The van der Waals surface area contributed by atoms with E-state index in [2.05, 4.69) is 31.0 Å². The molecule has 0 aliphatic carbocycles. The third-order valence-corrected chi connectivity index (χ3v) is 4.36. The number of hydrogen-bond donors (Lipinski definition) is 1. The van der Waals surface area contributed by atoms with Crippen molar-refractivity contribution in [2.75, 3.05) is 40.4 Å². The van der Waals surface area contributed by atoms with Crippen LogP contribution in [0.25, 0.3) is 0 Å². The number of piperazine rings is 1. The second kappa shape index (κ2) is 7.36. The third-order valence-electron chi connectivity index (χ3n) is 4.36. The molecule has 0 aromatic heterocycles. The van der Waals surface area contributed by atoms with Crippen LogP contribution >= 0.6 is 0 Å². The first-order chi connectivity index (χ1) is 11.3. The molecule has 1 aliphatic rings. The van der Waals surface area contributed by atoms with Crippen molar-refractivity contribution >= 4 is 5.69 Å². The molecule has 7 nitrogen and oxygen atoms in total. The van der Waals surface area contributed by atoms with Gasteiger partial charge in [0, 0.05) is 32.2 Å². The highest BCUT2D eigenvalue weighted by Crippen LogP contribution is 2.45. The Morgan fingerprint density at radius 2 is 1.71 bits per heavy atom. The van der Waals surface area contributed by atoms with Gasteiger partial charge >= 0.3 is 0 Å². The number of benzene rings is 1. The summed E-state index contributed by atoms with van der Waals surface area (Å²) in [6.07, 6.45) is 0. The summed E-state index contributed by atoms with van der Waals surface area (Å²) in [7, 11) is 3.03. The van der Waals surface area contributed by atoms with Gasteiger partial charge in [0.25, 0.3) is 5.69 Å². The molecule has 1 heterocycles. The topological polar surface area (TPSA) is 76.9 Å². The second-order valence-corrected chi connectivity index (χ2v) is 7.08. The Balaban J connectivity index is 2.61. The predicted molar refractivity (Wildman–Crippen MR) is 92.8 cm³/mol. The van der Waals surface area contributed by atoms with E-state index in [1.165, 1.54) is 13.2 Å². The molecule has 1 fully saturated rings. The Hall–Kier alpha value is -1.86. The number of nitro benzene ring substituents is 1. The van der Waals surface area contributed by atoms with E-state index in [4.69, 9.17) is 9.47 Å². The van der Waals surface area contributed by atoms with Gasteiger partial charge in [-0.1, -0.05) is 20.8 Å². The molecule has 1 aliphatic heterocycles. The number of nitrogens with one attached hydrogen (secondary N) is 1. The molecule has 0 amide bonds. The molecule has 1 atom stereocenters. The number of nitro groups is 1. The maximum atomic E-state index is 11.7. The molecule has 134 valence electrons. The molecule has 0 spiro atoms. The molecule has 0 unspecified atom stereocenters. The van der Waals surface area contributed by atoms with Crippen molar-refractivity contribution in [3.05, 3.63) is 27.8 Å². The summed E-state index contributed by atoms with van der Waals surface area (Å²) < 4.78 is 10.6. The Kier molecular flexibility index (Phi) is 5.66. The van der Waals surface area contributed by atoms with E-state index in [1.807, 2.05) is 0 Å². The van der Waals surface area contributed by atoms with Crippen LogP contribution in [0.1, 0.15) is 32.4 Å². The van der Waals surface area contributed by atoms with Crippen LogP contribution in [0, 0.1) is 15.5 Å². The van der Waals surface area contributed by atoms with Crippen LogP contribution in [0.2, 0.25) is 0 Å². The highest BCUT2D eigenvalue weighted by Gasteiger charge is 2.37. The van der Waals surface area contributed by atoms with Gasteiger partial charge in [0.1, 0.15) is 0 Å². The van der Waals surface area contributed by atoms with Crippen molar-refractivity contribution in [1.82, 2.24) is 10.2 Å². The van der Waals surface area contributed by atoms with Crippen molar-refractivity contribution in [1.29, 1.82) is 0 Å². The fourth-order valence-electron chi connectivity index (χ4n) is 3.41. The number of methoxy groups -OCH3 is 2. The van der Waals surface area contributed by atoms with Crippen molar-refractivity contribution in [3.63, 3.8) is 0 Å². The first-order valence-electron chi connectivity index (χ1n) is 8.14. The van der Waals surface area contributed by atoms with Crippen LogP contribution in [0.3, 0.4) is 0 Å². The zero-order chi connectivity index (χ0) is 17.9. The minimum Gasteiger partial charge on any atom is -0.493 e. The molecule has 1 N–H and O–H groups in total. The molecule has 0 saturated carbocycles. The lowest BCUT2D eigenvalue weighted by Gasteiger charge is -2.42. The lowest BCUT2D eigenvalue weighted by Crippen LogP contribution is -2.48. The maximum Gasteiger partial charge on any atom is 0.278 e. The van der Waals surface area contributed by atoms with Crippen molar-refractivity contribution < 1.29 is 14.4 Å². The monoisotopic (exact) mass is 337 g/mol. The van der Waals surface area contributed by atoms with Gasteiger partial charge in [-0.25, -0.2) is 0 Å². The summed E-state index contributed by atoms with van der Waals surface area (Å²) in [5.41, 5.74) is 0.583. The molecule has 1 aromatic carbocycles. The highest BCUT2D eigenvalue weighted by atomic mass is 16.6. The SMILES string of the molecule is COc1cc([C@@H](N2CCNCC2)C(C)(C)C)c([N+](=O)[O-])cc1OC. The highest BCUT2D eigenvalue weighted by molar-refractivity contribution is 5.55. The average molecular weight is 337 g/mol. The molecular weight excluding hydrogens is 310 g/mol. The summed E-state index contributed by atoms with van der Waals surface area (Å²) >= 11 is 0.